The van der Waals surface area contributed by atoms with Crippen molar-refractivity contribution in [2.45, 2.75) is 5.03 Å². The maximum atomic E-state index is 9.58. The topological polar surface area (TPSA) is 36.7 Å². The summed E-state index contributed by atoms with van der Waals surface area (Å²) >= 11 is 7.46. The third-order valence-corrected chi connectivity index (χ3v) is 4.45. The number of aromatic nitrogens is 1. The van der Waals surface area contributed by atoms with Gasteiger partial charge in [0, 0.05) is 16.1 Å². The van der Waals surface area contributed by atoms with Crippen LogP contribution < -0.4 is 0 Å². The van der Waals surface area contributed by atoms with E-state index in [1.165, 1.54) is 11.8 Å². The fourth-order valence-corrected chi connectivity index (χ4v) is 3.07. The molecule has 0 spiro atoms. The maximum absolute atomic E-state index is 9.58. The van der Waals surface area contributed by atoms with E-state index in [-0.39, 0.29) is 0 Å². The molecule has 0 atom stereocenters. The Morgan fingerprint density at radius 2 is 1.70 bits per heavy atom. The molecule has 0 N–H and O–H groups in total. The largest absolute Gasteiger partial charge is 0.240 e. The van der Waals surface area contributed by atoms with Crippen molar-refractivity contribution in [2.75, 3.05) is 6.26 Å². The van der Waals surface area contributed by atoms with Crippen LogP contribution in [0.5, 0.6) is 0 Å². The van der Waals surface area contributed by atoms with Crippen molar-refractivity contribution < 1.29 is 0 Å². The Labute approximate surface area is 144 Å². The van der Waals surface area contributed by atoms with Crippen molar-refractivity contribution >= 4 is 23.4 Å². The van der Waals surface area contributed by atoms with Gasteiger partial charge >= 0.3 is 0 Å². The van der Waals surface area contributed by atoms with Gasteiger partial charge in [-0.2, -0.15) is 5.26 Å². The first-order valence-corrected chi connectivity index (χ1v) is 8.63. The Morgan fingerprint density at radius 1 is 1.00 bits per heavy atom. The molecule has 2 aromatic carbocycles. The second-order valence-electron chi connectivity index (χ2n) is 4.92. The molecule has 112 valence electrons. The van der Waals surface area contributed by atoms with Crippen LogP contribution in [0, 0.1) is 11.3 Å². The predicted octanol–water partition coefficient (Wildman–Crippen LogP) is 5.66. The fraction of sp³-hybridized carbons (Fsp3) is 0.0526. The molecule has 2 nitrogen and oxygen atoms in total. The minimum absolute atomic E-state index is 0.597. The Morgan fingerprint density at radius 3 is 2.30 bits per heavy atom. The molecular weight excluding hydrogens is 324 g/mol. The van der Waals surface area contributed by atoms with Crippen LogP contribution in [-0.2, 0) is 0 Å². The lowest BCUT2D eigenvalue weighted by Crippen LogP contribution is -1.95. The molecule has 0 amide bonds. The Balaban J connectivity index is 2.25. The molecule has 0 aliphatic rings. The van der Waals surface area contributed by atoms with Gasteiger partial charge in [-0.1, -0.05) is 54.1 Å². The maximum Gasteiger partial charge on any atom is 0.115 e. The molecule has 23 heavy (non-hydrogen) atoms. The van der Waals surface area contributed by atoms with Gasteiger partial charge < -0.3 is 0 Å². The van der Waals surface area contributed by atoms with Crippen molar-refractivity contribution in [3.05, 3.63) is 71.2 Å². The molecule has 0 aliphatic heterocycles. The summed E-state index contributed by atoms with van der Waals surface area (Å²) < 4.78 is 0. The minimum Gasteiger partial charge on any atom is -0.240 e. The van der Waals surface area contributed by atoms with E-state index in [2.05, 4.69) is 11.1 Å². The Bertz CT molecular complexity index is 868. The van der Waals surface area contributed by atoms with Gasteiger partial charge in [-0.15, -0.1) is 11.8 Å². The number of hydrogen-bond acceptors (Lipinski definition) is 3. The summed E-state index contributed by atoms with van der Waals surface area (Å²) in [6.45, 7) is 0. The van der Waals surface area contributed by atoms with E-state index in [4.69, 9.17) is 11.6 Å². The third kappa shape index (κ3) is 3.24. The predicted molar refractivity (Wildman–Crippen MR) is 96.6 cm³/mol. The third-order valence-electron chi connectivity index (χ3n) is 3.52. The van der Waals surface area contributed by atoms with Crippen LogP contribution in [0.3, 0.4) is 0 Å². The first-order valence-electron chi connectivity index (χ1n) is 7.03. The van der Waals surface area contributed by atoms with Gasteiger partial charge in [0.1, 0.15) is 11.1 Å². The van der Waals surface area contributed by atoms with Crippen molar-refractivity contribution in [1.29, 1.82) is 5.26 Å². The van der Waals surface area contributed by atoms with Crippen LogP contribution >= 0.6 is 23.4 Å². The molecule has 0 saturated heterocycles. The highest BCUT2D eigenvalue weighted by Gasteiger charge is 2.14. The number of thioether (sulfide) groups is 1. The number of pyridine rings is 1. The van der Waals surface area contributed by atoms with Gasteiger partial charge in [0.2, 0.25) is 0 Å². The van der Waals surface area contributed by atoms with Crippen LogP contribution in [0.15, 0.2) is 65.7 Å². The quantitative estimate of drug-likeness (QED) is 0.579. The van der Waals surface area contributed by atoms with Gasteiger partial charge in [-0.05, 0) is 30.0 Å². The van der Waals surface area contributed by atoms with Gasteiger partial charge in [0.05, 0.1) is 11.3 Å². The van der Waals surface area contributed by atoms with Gasteiger partial charge in [-0.25, -0.2) is 4.98 Å². The summed E-state index contributed by atoms with van der Waals surface area (Å²) in [5.74, 6) is 0. The normalized spacial score (nSPS) is 10.3. The SMILES string of the molecule is CSc1nc(-c2ccccc2)cc(-c2ccc(Cl)cc2)c1C#N. The standard InChI is InChI=1S/C19H13ClN2S/c1-23-19-17(12-21)16(13-7-9-15(20)10-8-13)11-18(22-19)14-5-3-2-4-6-14/h2-11H,1H3. The minimum atomic E-state index is 0.597. The van der Waals surface area contributed by atoms with Crippen molar-refractivity contribution in [2.24, 2.45) is 0 Å². The van der Waals surface area contributed by atoms with Gasteiger partial charge in [0.15, 0.2) is 0 Å². The summed E-state index contributed by atoms with van der Waals surface area (Å²) in [5.41, 5.74) is 4.32. The van der Waals surface area contributed by atoms with Crippen molar-refractivity contribution in [3.63, 3.8) is 0 Å². The summed E-state index contributed by atoms with van der Waals surface area (Å²) in [6, 6.07) is 21.8. The number of hydrogen-bond donors (Lipinski definition) is 0. The molecule has 3 aromatic rings. The zero-order chi connectivity index (χ0) is 16.2. The molecule has 0 saturated carbocycles. The molecule has 0 aliphatic carbocycles. The fourth-order valence-electron chi connectivity index (χ4n) is 2.39. The number of rotatable bonds is 3. The zero-order valence-electron chi connectivity index (χ0n) is 12.5. The monoisotopic (exact) mass is 336 g/mol. The van der Waals surface area contributed by atoms with Crippen LogP contribution in [0.2, 0.25) is 5.02 Å². The average Bonchev–Trinajstić information content (AvgIpc) is 2.62. The van der Waals surface area contributed by atoms with Gasteiger partial charge in [0.25, 0.3) is 0 Å². The van der Waals surface area contributed by atoms with E-state index < -0.39 is 0 Å². The number of benzene rings is 2. The van der Waals surface area contributed by atoms with E-state index in [0.717, 1.165) is 27.4 Å². The van der Waals surface area contributed by atoms with Crippen LogP contribution in [0.25, 0.3) is 22.4 Å². The number of nitriles is 1. The first-order chi connectivity index (χ1) is 11.2. The molecule has 0 radical (unpaired) electrons. The van der Waals surface area contributed by atoms with E-state index in [1.54, 1.807) is 0 Å². The molecule has 0 unspecified atom stereocenters. The lowest BCUT2D eigenvalue weighted by atomic mass is 9.99. The van der Waals surface area contributed by atoms with Crippen molar-refractivity contribution in [1.82, 2.24) is 4.98 Å². The smallest absolute Gasteiger partial charge is 0.115 e. The highest BCUT2D eigenvalue weighted by Crippen LogP contribution is 2.33. The highest BCUT2D eigenvalue weighted by molar-refractivity contribution is 7.98. The van der Waals surface area contributed by atoms with E-state index in [9.17, 15) is 5.26 Å². The zero-order valence-corrected chi connectivity index (χ0v) is 14.0. The molecule has 1 heterocycles. The van der Waals surface area contributed by atoms with Crippen LogP contribution in [0.1, 0.15) is 5.56 Å². The average molecular weight is 337 g/mol. The second-order valence-corrected chi connectivity index (χ2v) is 6.16. The Hall–Kier alpha value is -2.28. The summed E-state index contributed by atoms with van der Waals surface area (Å²) in [5, 5.41) is 11.0. The van der Waals surface area contributed by atoms with Crippen molar-refractivity contribution in [3.8, 4) is 28.5 Å². The number of nitrogens with zero attached hydrogens (tertiary/aromatic N) is 2. The van der Waals surface area contributed by atoms with E-state index >= 15 is 0 Å². The molecule has 4 heteroatoms. The van der Waals surface area contributed by atoms with E-state index in [0.29, 0.717) is 10.6 Å². The molecule has 3 rings (SSSR count). The van der Waals surface area contributed by atoms with Crippen LogP contribution in [-0.4, -0.2) is 11.2 Å². The van der Waals surface area contributed by atoms with E-state index in [1.807, 2.05) is 66.9 Å². The first kappa shape index (κ1) is 15.6. The molecule has 1 aromatic heterocycles. The second kappa shape index (κ2) is 6.87. The molecule has 0 fully saturated rings. The lowest BCUT2D eigenvalue weighted by Gasteiger charge is -2.11. The summed E-state index contributed by atoms with van der Waals surface area (Å²) in [4.78, 5) is 4.65. The number of halogens is 1. The highest BCUT2D eigenvalue weighted by atomic mass is 35.5. The summed E-state index contributed by atoms with van der Waals surface area (Å²) in [7, 11) is 0. The van der Waals surface area contributed by atoms with Gasteiger partial charge in [-0.3, -0.25) is 0 Å². The lowest BCUT2D eigenvalue weighted by molar-refractivity contribution is 1.12. The summed E-state index contributed by atoms with van der Waals surface area (Å²) in [6.07, 6.45) is 1.93. The Kier molecular flexibility index (Phi) is 4.66. The molecule has 0 bridgehead atoms. The molecular formula is C19H13ClN2S. The van der Waals surface area contributed by atoms with Crippen LogP contribution in [0.4, 0.5) is 0 Å².